The van der Waals surface area contributed by atoms with Crippen molar-refractivity contribution in [1.29, 1.82) is 0 Å². The summed E-state index contributed by atoms with van der Waals surface area (Å²) in [7, 11) is 0. The van der Waals surface area contributed by atoms with Crippen LogP contribution in [0.1, 0.15) is 41.1 Å². The summed E-state index contributed by atoms with van der Waals surface area (Å²) in [6.45, 7) is 1.12. The number of hydrogen-bond donors (Lipinski definition) is 1. The zero-order chi connectivity index (χ0) is 19.1. The molecular weight excluding hydrogens is 416 g/mol. The summed E-state index contributed by atoms with van der Waals surface area (Å²) in [6.07, 6.45) is 2.33. The lowest BCUT2D eigenvalue weighted by atomic mass is 9.91. The van der Waals surface area contributed by atoms with E-state index in [-0.39, 0.29) is 18.2 Å². The summed E-state index contributed by atoms with van der Waals surface area (Å²) in [6, 6.07) is 6.02. The van der Waals surface area contributed by atoms with Crippen LogP contribution in [0.25, 0.3) is 0 Å². The van der Waals surface area contributed by atoms with E-state index >= 15 is 0 Å². The van der Waals surface area contributed by atoms with Crippen molar-refractivity contribution in [2.24, 2.45) is 5.73 Å². The molecule has 4 rings (SSSR count). The molecule has 2 aliphatic rings. The third-order valence-corrected chi connectivity index (χ3v) is 6.05. The van der Waals surface area contributed by atoms with E-state index in [9.17, 15) is 13.6 Å². The fourth-order valence-corrected chi connectivity index (χ4v) is 4.49. The van der Waals surface area contributed by atoms with Gasteiger partial charge >= 0.3 is 0 Å². The van der Waals surface area contributed by atoms with Crippen LogP contribution in [-0.2, 0) is 24.2 Å². The maximum absolute atomic E-state index is 13.6. The molecule has 0 spiro atoms. The topological polar surface area (TPSA) is 59.2 Å². The number of halogens is 3. The van der Waals surface area contributed by atoms with Gasteiger partial charge in [-0.25, -0.2) is 13.8 Å². The first-order valence-corrected chi connectivity index (χ1v) is 9.87. The zero-order valence-electron chi connectivity index (χ0n) is 14.7. The Kier molecular flexibility index (Phi) is 4.99. The van der Waals surface area contributed by atoms with Crippen LogP contribution < -0.4 is 5.73 Å². The van der Waals surface area contributed by atoms with Gasteiger partial charge in [0.05, 0.1) is 12.2 Å². The summed E-state index contributed by atoms with van der Waals surface area (Å²) >= 11 is 3.37. The minimum atomic E-state index is -0.858. The van der Waals surface area contributed by atoms with E-state index in [0.717, 1.165) is 33.4 Å². The number of pyridine rings is 1. The Morgan fingerprint density at radius 1 is 1.26 bits per heavy atom. The molecule has 7 heteroatoms. The van der Waals surface area contributed by atoms with Crippen molar-refractivity contribution in [2.45, 2.75) is 44.2 Å². The second kappa shape index (κ2) is 7.28. The van der Waals surface area contributed by atoms with E-state index in [1.807, 2.05) is 12.1 Å². The van der Waals surface area contributed by atoms with Gasteiger partial charge in [-0.1, -0.05) is 6.07 Å². The van der Waals surface area contributed by atoms with Crippen molar-refractivity contribution < 1.29 is 13.6 Å². The van der Waals surface area contributed by atoms with E-state index in [2.05, 4.69) is 20.9 Å². The highest BCUT2D eigenvalue weighted by Gasteiger charge is 2.32. The number of amides is 1. The molecule has 0 saturated carbocycles. The first-order chi connectivity index (χ1) is 12.9. The molecule has 2 unspecified atom stereocenters. The number of nitrogens with two attached hydrogens (primary N) is 1. The van der Waals surface area contributed by atoms with Crippen molar-refractivity contribution in [1.82, 2.24) is 9.88 Å². The lowest BCUT2D eigenvalue weighted by molar-refractivity contribution is -0.132. The summed E-state index contributed by atoms with van der Waals surface area (Å²) in [5, 5.41) is 0. The van der Waals surface area contributed by atoms with E-state index in [0.29, 0.717) is 25.9 Å². The van der Waals surface area contributed by atoms with Gasteiger partial charge in [-0.2, -0.15) is 0 Å². The van der Waals surface area contributed by atoms with Gasteiger partial charge in [-0.05, 0) is 70.1 Å². The maximum Gasteiger partial charge on any atom is 0.224 e. The molecule has 27 heavy (non-hydrogen) atoms. The van der Waals surface area contributed by atoms with Gasteiger partial charge in [0.15, 0.2) is 11.6 Å². The quantitative estimate of drug-likeness (QED) is 0.750. The molecular formula is C20H20BrF2N3O. The summed E-state index contributed by atoms with van der Waals surface area (Å²) in [4.78, 5) is 19.0. The highest BCUT2D eigenvalue weighted by molar-refractivity contribution is 9.10. The van der Waals surface area contributed by atoms with Crippen LogP contribution in [0, 0.1) is 11.6 Å². The summed E-state index contributed by atoms with van der Waals surface area (Å²) < 4.78 is 27.8. The highest BCUT2D eigenvalue weighted by Crippen LogP contribution is 2.37. The second-order valence-electron chi connectivity index (χ2n) is 7.28. The largest absolute Gasteiger partial charge is 0.336 e. The second-order valence-corrected chi connectivity index (χ2v) is 8.10. The molecule has 0 bridgehead atoms. The van der Waals surface area contributed by atoms with Crippen LogP contribution in [0.15, 0.2) is 28.9 Å². The van der Waals surface area contributed by atoms with Crippen molar-refractivity contribution in [3.05, 3.63) is 62.9 Å². The molecule has 2 heterocycles. The molecule has 1 aromatic heterocycles. The fraction of sp³-hybridized carbons (Fsp3) is 0.400. The number of nitrogens with zero attached hydrogens (tertiary/aromatic N) is 2. The lowest BCUT2D eigenvalue weighted by Crippen LogP contribution is -2.41. The Hall–Kier alpha value is -1.86. The van der Waals surface area contributed by atoms with Crippen molar-refractivity contribution in [2.75, 3.05) is 6.54 Å². The first-order valence-electron chi connectivity index (χ1n) is 9.08. The molecule has 2 atom stereocenters. The van der Waals surface area contributed by atoms with Crippen LogP contribution in [0.2, 0.25) is 0 Å². The molecule has 2 N–H and O–H groups in total. The van der Waals surface area contributed by atoms with Crippen molar-refractivity contribution >= 4 is 21.8 Å². The molecule has 0 radical (unpaired) electrons. The van der Waals surface area contributed by atoms with E-state index in [4.69, 9.17) is 5.73 Å². The van der Waals surface area contributed by atoms with Crippen LogP contribution in [0.3, 0.4) is 0 Å². The van der Waals surface area contributed by atoms with Gasteiger partial charge in [0, 0.05) is 24.9 Å². The Labute approximate surface area is 164 Å². The fourth-order valence-electron chi connectivity index (χ4n) is 4.15. The van der Waals surface area contributed by atoms with E-state index in [1.165, 1.54) is 12.1 Å². The predicted octanol–water partition coefficient (Wildman–Crippen LogP) is 3.45. The molecule has 4 nitrogen and oxygen atoms in total. The number of carbonyl (C=O) groups excluding carboxylic acids is 1. The number of aromatic nitrogens is 1. The first kappa shape index (κ1) is 18.5. The third kappa shape index (κ3) is 3.62. The minimum absolute atomic E-state index is 0.0223. The van der Waals surface area contributed by atoms with Gasteiger partial charge in [0.2, 0.25) is 5.91 Å². The van der Waals surface area contributed by atoms with Gasteiger partial charge in [0.25, 0.3) is 0 Å². The zero-order valence-corrected chi connectivity index (χ0v) is 16.3. The molecule has 1 aliphatic heterocycles. The Balaban J connectivity index is 1.45. The molecule has 1 amide bonds. The lowest BCUT2D eigenvalue weighted by Gasteiger charge is -2.30. The molecule has 0 saturated heterocycles. The van der Waals surface area contributed by atoms with Crippen LogP contribution in [-0.4, -0.2) is 28.4 Å². The van der Waals surface area contributed by atoms with Crippen molar-refractivity contribution in [3.63, 3.8) is 0 Å². The molecule has 1 aliphatic carbocycles. The average Bonchev–Trinajstić information content (AvgIpc) is 3.04. The molecule has 1 aromatic carbocycles. The number of aryl methyl sites for hydroxylation is 1. The minimum Gasteiger partial charge on any atom is -0.336 e. The van der Waals surface area contributed by atoms with Gasteiger partial charge in [-0.15, -0.1) is 0 Å². The number of rotatable bonds is 3. The monoisotopic (exact) mass is 435 g/mol. The summed E-state index contributed by atoms with van der Waals surface area (Å²) in [5.41, 5.74) is 9.92. The van der Waals surface area contributed by atoms with Gasteiger partial charge < -0.3 is 10.6 Å². The molecule has 142 valence electrons. The van der Waals surface area contributed by atoms with E-state index in [1.54, 1.807) is 4.90 Å². The predicted molar refractivity (Wildman–Crippen MR) is 101 cm³/mol. The Morgan fingerprint density at radius 3 is 2.85 bits per heavy atom. The molecule has 2 aromatic rings. The Bertz CT molecular complexity index is 905. The number of benzene rings is 1. The van der Waals surface area contributed by atoms with Crippen LogP contribution in [0.5, 0.6) is 0 Å². The van der Waals surface area contributed by atoms with E-state index < -0.39 is 17.7 Å². The number of fused-ring (bicyclic) bond motifs is 2. The highest BCUT2D eigenvalue weighted by atomic mass is 79.9. The number of hydrogen-bond acceptors (Lipinski definition) is 3. The third-order valence-electron chi connectivity index (χ3n) is 5.61. The molecule has 0 fully saturated rings. The van der Waals surface area contributed by atoms with Gasteiger partial charge in [-0.3, -0.25) is 4.79 Å². The number of carbonyl (C=O) groups is 1. The standard InChI is InChI=1S/C20H20BrF2N3O/c21-19-4-2-11-5-6-26(10-18(11)25-19)20(27)9-17(24)13-3-1-12-7-15(22)16(23)8-14(12)13/h2,4,7-8,13,17H,1,3,5-6,9-10,24H2. The normalized spacial score (nSPS) is 19.6. The SMILES string of the molecule is NC(CC(=O)N1CCc2ccc(Br)nc2C1)C1CCc2cc(F)c(F)cc21. The average molecular weight is 436 g/mol. The van der Waals surface area contributed by atoms with Crippen LogP contribution in [0.4, 0.5) is 8.78 Å². The van der Waals surface area contributed by atoms with Crippen molar-refractivity contribution in [3.8, 4) is 0 Å². The smallest absolute Gasteiger partial charge is 0.224 e. The van der Waals surface area contributed by atoms with Gasteiger partial charge in [0.1, 0.15) is 4.60 Å². The summed E-state index contributed by atoms with van der Waals surface area (Å²) in [5.74, 6) is -1.83. The van der Waals surface area contributed by atoms with Crippen LogP contribution >= 0.6 is 15.9 Å². The maximum atomic E-state index is 13.6. The Morgan fingerprint density at radius 2 is 2.04 bits per heavy atom.